The summed E-state index contributed by atoms with van der Waals surface area (Å²) in [7, 11) is 0. The first-order valence-corrected chi connectivity index (χ1v) is 6.38. The van der Waals surface area contributed by atoms with Crippen LogP contribution in [0.3, 0.4) is 0 Å². The topological polar surface area (TPSA) is 116 Å². The van der Waals surface area contributed by atoms with Crippen molar-refractivity contribution in [2.45, 2.75) is 38.6 Å². The van der Waals surface area contributed by atoms with Gasteiger partial charge in [0, 0.05) is 11.8 Å². The number of aromatic amines is 1. The molecule has 19 heavy (non-hydrogen) atoms. The van der Waals surface area contributed by atoms with Crippen molar-refractivity contribution < 1.29 is 10.0 Å². The highest BCUT2D eigenvalue weighted by Gasteiger charge is 2.45. The predicted molar refractivity (Wildman–Crippen MR) is 69.5 cm³/mol. The van der Waals surface area contributed by atoms with Crippen molar-refractivity contribution >= 4 is 11.7 Å². The van der Waals surface area contributed by atoms with Crippen LogP contribution in [0.1, 0.15) is 44.2 Å². The summed E-state index contributed by atoms with van der Waals surface area (Å²) in [4.78, 5) is 12.5. The molecule has 2 rings (SSSR count). The third-order valence-electron chi connectivity index (χ3n) is 3.86. The largest absolute Gasteiger partial charge is 0.409 e. The molecule has 1 aliphatic rings. The van der Waals surface area contributed by atoms with Crippen LogP contribution >= 0.6 is 0 Å². The van der Waals surface area contributed by atoms with Crippen LogP contribution in [0.15, 0.2) is 17.5 Å². The molecule has 1 heterocycles. The molecular formula is C12H19N5O2. The van der Waals surface area contributed by atoms with Crippen LogP contribution < -0.4 is 11.1 Å². The zero-order valence-corrected chi connectivity index (χ0v) is 10.9. The highest BCUT2D eigenvalue weighted by atomic mass is 16.4. The molecule has 0 radical (unpaired) electrons. The van der Waals surface area contributed by atoms with E-state index in [0.717, 1.165) is 18.4 Å². The molecule has 7 nitrogen and oxygen atoms in total. The summed E-state index contributed by atoms with van der Waals surface area (Å²) in [6.07, 6.45) is 6.44. The Morgan fingerprint density at radius 1 is 1.63 bits per heavy atom. The van der Waals surface area contributed by atoms with Gasteiger partial charge in [0.1, 0.15) is 5.41 Å². The maximum Gasteiger partial charge on any atom is 0.234 e. The molecule has 1 aromatic rings. The summed E-state index contributed by atoms with van der Waals surface area (Å²) in [6.45, 7) is 1.87. The molecule has 1 unspecified atom stereocenters. The molecule has 1 fully saturated rings. The number of nitrogens with two attached hydrogens (primary N) is 1. The Morgan fingerprint density at radius 2 is 2.32 bits per heavy atom. The van der Waals surface area contributed by atoms with Crippen molar-refractivity contribution in [3.8, 4) is 0 Å². The normalized spacial score (nSPS) is 20.2. The van der Waals surface area contributed by atoms with E-state index in [0.29, 0.717) is 12.8 Å². The molecule has 1 aliphatic carbocycles. The van der Waals surface area contributed by atoms with Crippen molar-refractivity contribution in [2.24, 2.45) is 16.3 Å². The Labute approximate surface area is 111 Å². The zero-order chi connectivity index (χ0) is 13.9. The lowest BCUT2D eigenvalue weighted by Gasteiger charge is -2.27. The predicted octanol–water partition coefficient (Wildman–Crippen LogP) is 0.894. The Morgan fingerprint density at radius 3 is 2.84 bits per heavy atom. The highest BCUT2D eigenvalue weighted by molar-refractivity contribution is 6.07. The zero-order valence-electron chi connectivity index (χ0n) is 10.9. The van der Waals surface area contributed by atoms with Crippen molar-refractivity contribution in [1.82, 2.24) is 15.5 Å². The molecule has 1 saturated carbocycles. The van der Waals surface area contributed by atoms with E-state index in [2.05, 4.69) is 20.7 Å². The van der Waals surface area contributed by atoms with E-state index < -0.39 is 5.41 Å². The van der Waals surface area contributed by atoms with Gasteiger partial charge in [-0.15, -0.1) is 0 Å². The maximum atomic E-state index is 12.5. The Balaban J connectivity index is 2.13. The first-order valence-electron chi connectivity index (χ1n) is 6.38. The molecule has 104 valence electrons. The lowest BCUT2D eigenvalue weighted by atomic mass is 9.83. The standard InChI is InChI=1S/C12H19N5O2/c1-8(9-6-14-15-7-9)16-11(18)12(10(13)17-19)4-2-3-5-12/h6-8,19H,2-5H2,1H3,(H2,13,17)(H,14,15)(H,16,18). The van der Waals surface area contributed by atoms with Crippen LogP contribution in [0.4, 0.5) is 0 Å². The summed E-state index contributed by atoms with van der Waals surface area (Å²) in [5.74, 6) is -0.184. The lowest BCUT2D eigenvalue weighted by molar-refractivity contribution is -0.128. The molecule has 0 bridgehead atoms. The number of amidine groups is 1. The molecule has 0 aromatic carbocycles. The number of H-pyrrole nitrogens is 1. The van der Waals surface area contributed by atoms with Crippen LogP contribution in [0.25, 0.3) is 0 Å². The fraction of sp³-hybridized carbons (Fsp3) is 0.583. The van der Waals surface area contributed by atoms with E-state index in [1.165, 1.54) is 0 Å². The molecule has 7 heteroatoms. The van der Waals surface area contributed by atoms with E-state index in [-0.39, 0.29) is 17.8 Å². The number of nitrogens with zero attached hydrogens (tertiary/aromatic N) is 2. The number of hydrogen-bond donors (Lipinski definition) is 4. The number of amides is 1. The maximum absolute atomic E-state index is 12.5. The number of nitrogens with one attached hydrogen (secondary N) is 2. The molecule has 1 amide bonds. The molecule has 1 aromatic heterocycles. The van der Waals surface area contributed by atoms with E-state index in [1.54, 1.807) is 12.4 Å². The third kappa shape index (κ3) is 2.40. The van der Waals surface area contributed by atoms with Gasteiger partial charge in [-0.05, 0) is 19.8 Å². The quantitative estimate of drug-likeness (QED) is 0.280. The summed E-state index contributed by atoms with van der Waals surface area (Å²) >= 11 is 0. The van der Waals surface area contributed by atoms with E-state index in [4.69, 9.17) is 10.9 Å². The summed E-state index contributed by atoms with van der Waals surface area (Å²) in [5.41, 5.74) is 5.75. The first kappa shape index (κ1) is 13.4. The smallest absolute Gasteiger partial charge is 0.234 e. The van der Waals surface area contributed by atoms with Crippen LogP contribution in [-0.2, 0) is 4.79 Å². The third-order valence-corrected chi connectivity index (χ3v) is 3.86. The molecule has 0 saturated heterocycles. The van der Waals surface area contributed by atoms with Gasteiger partial charge < -0.3 is 16.3 Å². The fourth-order valence-corrected chi connectivity index (χ4v) is 2.59. The number of carbonyl (C=O) groups excluding carboxylic acids is 1. The molecule has 0 spiro atoms. The van der Waals surface area contributed by atoms with Gasteiger partial charge in [-0.2, -0.15) is 5.10 Å². The van der Waals surface area contributed by atoms with Gasteiger partial charge in [0.15, 0.2) is 5.84 Å². The van der Waals surface area contributed by atoms with Gasteiger partial charge in [-0.1, -0.05) is 18.0 Å². The average molecular weight is 265 g/mol. The molecule has 0 aliphatic heterocycles. The van der Waals surface area contributed by atoms with Gasteiger partial charge in [-0.3, -0.25) is 9.89 Å². The van der Waals surface area contributed by atoms with Gasteiger partial charge in [0.2, 0.25) is 5.91 Å². The van der Waals surface area contributed by atoms with Gasteiger partial charge in [0.05, 0.1) is 12.2 Å². The lowest BCUT2D eigenvalue weighted by Crippen LogP contribution is -2.48. The van der Waals surface area contributed by atoms with Crippen LogP contribution in [-0.4, -0.2) is 27.1 Å². The fourth-order valence-electron chi connectivity index (χ4n) is 2.59. The number of carbonyl (C=O) groups is 1. The van der Waals surface area contributed by atoms with E-state index in [1.807, 2.05) is 6.92 Å². The summed E-state index contributed by atoms with van der Waals surface area (Å²) < 4.78 is 0. The molecule has 5 N–H and O–H groups in total. The van der Waals surface area contributed by atoms with Crippen molar-refractivity contribution in [1.29, 1.82) is 0 Å². The number of oxime groups is 1. The van der Waals surface area contributed by atoms with Crippen molar-refractivity contribution in [2.75, 3.05) is 0 Å². The van der Waals surface area contributed by atoms with Gasteiger partial charge >= 0.3 is 0 Å². The van der Waals surface area contributed by atoms with Crippen LogP contribution in [0.5, 0.6) is 0 Å². The second-order valence-corrected chi connectivity index (χ2v) is 5.00. The monoisotopic (exact) mass is 265 g/mol. The highest BCUT2D eigenvalue weighted by Crippen LogP contribution is 2.39. The Bertz CT molecular complexity index is 462. The Kier molecular flexibility index (Phi) is 3.73. The number of aromatic nitrogens is 2. The second kappa shape index (κ2) is 5.29. The van der Waals surface area contributed by atoms with Gasteiger partial charge in [-0.25, -0.2) is 0 Å². The minimum Gasteiger partial charge on any atom is -0.409 e. The number of hydrogen-bond acceptors (Lipinski definition) is 4. The minimum absolute atomic E-state index is 0.00175. The van der Waals surface area contributed by atoms with E-state index >= 15 is 0 Å². The minimum atomic E-state index is -0.868. The first-order chi connectivity index (χ1) is 9.10. The van der Waals surface area contributed by atoms with E-state index in [9.17, 15) is 4.79 Å². The average Bonchev–Trinajstić information content (AvgIpc) is 3.09. The number of rotatable bonds is 4. The SMILES string of the molecule is CC(NC(=O)C1(C(N)=NO)CCCC1)c1cn[nH]c1. The van der Waals surface area contributed by atoms with Crippen LogP contribution in [0.2, 0.25) is 0 Å². The van der Waals surface area contributed by atoms with Crippen molar-refractivity contribution in [3.05, 3.63) is 18.0 Å². The Hall–Kier alpha value is -2.05. The summed E-state index contributed by atoms with van der Waals surface area (Å²) in [6, 6.07) is -0.171. The van der Waals surface area contributed by atoms with Gasteiger partial charge in [0.25, 0.3) is 0 Å². The van der Waals surface area contributed by atoms with Crippen LogP contribution in [0, 0.1) is 5.41 Å². The molecule has 1 atom stereocenters. The molecular weight excluding hydrogens is 246 g/mol. The second-order valence-electron chi connectivity index (χ2n) is 5.00. The van der Waals surface area contributed by atoms with Crippen molar-refractivity contribution in [3.63, 3.8) is 0 Å². The summed E-state index contributed by atoms with van der Waals surface area (Å²) in [5, 5.41) is 21.4.